The van der Waals surface area contributed by atoms with Gasteiger partial charge in [-0.1, -0.05) is 74.1 Å². The molecular weight excluding hydrogens is 374 g/mol. The fraction of sp³-hybridized carbons (Fsp3) is 0.864. The molecule has 170 valence electrons. The molecule has 0 heterocycles. The summed E-state index contributed by atoms with van der Waals surface area (Å²) in [5.74, 6) is -1.67. The molecule has 0 saturated heterocycles. The van der Waals surface area contributed by atoms with Crippen molar-refractivity contribution in [2.45, 2.75) is 86.9 Å². The van der Waals surface area contributed by atoms with Crippen LogP contribution in [-0.4, -0.2) is 36.0 Å². The Balaban J connectivity index is 4.66. The zero-order chi connectivity index (χ0) is 22.6. The monoisotopic (exact) mass is 415 g/mol. The van der Waals surface area contributed by atoms with E-state index in [4.69, 9.17) is 9.47 Å². The largest absolute Gasteiger partial charge is 0.481 e. The number of rotatable bonds is 14. The van der Waals surface area contributed by atoms with Gasteiger partial charge in [0.05, 0.1) is 11.8 Å². The maximum absolute atomic E-state index is 12.1. The average molecular weight is 416 g/mol. The molecule has 1 amide bonds. The van der Waals surface area contributed by atoms with E-state index in [2.05, 4.69) is 26.1 Å². The molecular formula is C22H41NO6. The van der Waals surface area contributed by atoms with Crippen LogP contribution in [0.1, 0.15) is 80.6 Å². The van der Waals surface area contributed by atoms with Crippen LogP contribution in [0.3, 0.4) is 0 Å². The molecule has 0 fully saturated rings. The van der Waals surface area contributed by atoms with Gasteiger partial charge in [-0.2, -0.15) is 0 Å². The molecule has 0 aromatic heterocycles. The van der Waals surface area contributed by atoms with Crippen LogP contribution in [0.15, 0.2) is 0 Å². The van der Waals surface area contributed by atoms with Crippen molar-refractivity contribution in [3.63, 3.8) is 0 Å². The Hall–Kier alpha value is -1.79. The van der Waals surface area contributed by atoms with E-state index in [1.807, 2.05) is 0 Å². The van der Waals surface area contributed by atoms with Crippen molar-refractivity contribution < 1.29 is 29.0 Å². The van der Waals surface area contributed by atoms with Gasteiger partial charge in [0, 0.05) is 12.5 Å². The third-order valence-corrected chi connectivity index (χ3v) is 4.90. The van der Waals surface area contributed by atoms with Gasteiger partial charge in [-0.3, -0.25) is 9.59 Å². The van der Waals surface area contributed by atoms with E-state index in [1.165, 1.54) is 0 Å². The molecule has 3 atom stereocenters. The van der Waals surface area contributed by atoms with Crippen molar-refractivity contribution in [1.29, 1.82) is 0 Å². The third-order valence-electron chi connectivity index (χ3n) is 4.90. The number of alkyl carbamates (subject to hydrolysis) is 1. The number of esters is 1. The normalized spacial score (nSPS) is 14.6. The Labute approximate surface area is 175 Å². The molecule has 0 aliphatic heterocycles. The summed E-state index contributed by atoms with van der Waals surface area (Å²) in [6.45, 7) is 13.3. The lowest BCUT2D eigenvalue weighted by atomic mass is 9.87. The first-order chi connectivity index (χ1) is 13.5. The van der Waals surface area contributed by atoms with Crippen LogP contribution in [0.4, 0.5) is 4.79 Å². The number of carbonyl (C=O) groups excluding carboxylic acids is 2. The Morgan fingerprint density at radius 2 is 1.59 bits per heavy atom. The first kappa shape index (κ1) is 27.2. The topological polar surface area (TPSA) is 102 Å². The van der Waals surface area contributed by atoms with Gasteiger partial charge >= 0.3 is 18.0 Å². The van der Waals surface area contributed by atoms with E-state index in [-0.39, 0.29) is 18.4 Å². The van der Waals surface area contributed by atoms with Crippen molar-refractivity contribution in [2.24, 2.45) is 29.6 Å². The minimum Gasteiger partial charge on any atom is -0.481 e. The molecule has 0 saturated carbocycles. The summed E-state index contributed by atoms with van der Waals surface area (Å²) in [7, 11) is 0. The highest BCUT2D eigenvalue weighted by atomic mass is 16.7. The zero-order valence-electron chi connectivity index (χ0n) is 19.2. The van der Waals surface area contributed by atoms with Crippen LogP contribution in [0.25, 0.3) is 0 Å². The number of hydrogen-bond acceptors (Lipinski definition) is 5. The van der Waals surface area contributed by atoms with Gasteiger partial charge in [-0.25, -0.2) is 4.79 Å². The van der Waals surface area contributed by atoms with E-state index in [9.17, 15) is 19.5 Å². The molecule has 0 aromatic rings. The number of carboxylic acid groups (broad SMARTS) is 1. The van der Waals surface area contributed by atoms with Crippen LogP contribution >= 0.6 is 0 Å². The number of aliphatic carboxylic acids is 1. The molecule has 0 bridgehead atoms. The van der Waals surface area contributed by atoms with Gasteiger partial charge < -0.3 is 19.9 Å². The molecule has 0 radical (unpaired) electrons. The zero-order valence-corrected chi connectivity index (χ0v) is 19.2. The van der Waals surface area contributed by atoms with Gasteiger partial charge in [-0.15, -0.1) is 0 Å². The summed E-state index contributed by atoms with van der Waals surface area (Å²) in [5.41, 5.74) is 0. The first-order valence-corrected chi connectivity index (χ1v) is 10.9. The van der Waals surface area contributed by atoms with Crippen molar-refractivity contribution >= 4 is 18.0 Å². The number of amides is 1. The molecule has 2 N–H and O–H groups in total. The van der Waals surface area contributed by atoms with E-state index in [0.717, 1.165) is 25.7 Å². The minimum absolute atomic E-state index is 0.0161. The fourth-order valence-corrected chi connectivity index (χ4v) is 2.88. The summed E-state index contributed by atoms with van der Waals surface area (Å²) >= 11 is 0. The number of carbonyl (C=O) groups is 3. The molecule has 0 unspecified atom stereocenters. The first-order valence-electron chi connectivity index (χ1n) is 10.9. The maximum Gasteiger partial charge on any atom is 0.410 e. The highest BCUT2D eigenvalue weighted by molar-refractivity contribution is 5.73. The van der Waals surface area contributed by atoms with Crippen molar-refractivity contribution in [3.8, 4) is 0 Å². The number of ether oxygens (including phenoxy) is 2. The molecule has 29 heavy (non-hydrogen) atoms. The Kier molecular flexibility index (Phi) is 13.4. The summed E-state index contributed by atoms with van der Waals surface area (Å²) in [4.78, 5) is 35.5. The third kappa shape index (κ3) is 12.4. The number of carboxylic acids is 1. The minimum atomic E-state index is -1.01. The highest BCUT2D eigenvalue weighted by Gasteiger charge is 2.26. The van der Waals surface area contributed by atoms with Gasteiger partial charge in [0.1, 0.15) is 0 Å². The van der Waals surface area contributed by atoms with Crippen molar-refractivity contribution in [2.75, 3.05) is 6.54 Å². The molecule has 0 aliphatic carbocycles. The summed E-state index contributed by atoms with van der Waals surface area (Å²) in [6, 6.07) is 0. The lowest BCUT2D eigenvalue weighted by Gasteiger charge is -2.24. The quantitative estimate of drug-likeness (QED) is 0.311. The van der Waals surface area contributed by atoms with E-state index >= 15 is 0 Å². The van der Waals surface area contributed by atoms with Gasteiger partial charge in [-0.05, 0) is 18.3 Å². The Bertz CT molecular complexity index is 504. The lowest BCUT2D eigenvalue weighted by Crippen LogP contribution is -2.39. The fourth-order valence-electron chi connectivity index (χ4n) is 2.88. The van der Waals surface area contributed by atoms with Crippen LogP contribution in [0.5, 0.6) is 0 Å². The molecule has 0 aliphatic rings. The highest BCUT2D eigenvalue weighted by Crippen LogP contribution is 2.23. The Morgan fingerprint density at radius 1 is 0.966 bits per heavy atom. The molecule has 7 heteroatoms. The number of hydrogen-bond donors (Lipinski definition) is 2. The van der Waals surface area contributed by atoms with Crippen LogP contribution in [0.2, 0.25) is 0 Å². The van der Waals surface area contributed by atoms with Crippen LogP contribution in [-0.2, 0) is 19.1 Å². The van der Waals surface area contributed by atoms with E-state index < -0.39 is 30.2 Å². The number of nitrogens with one attached hydrogen (secondary N) is 1. The second kappa shape index (κ2) is 14.2. The Morgan fingerprint density at radius 3 is 2.03 bits per heavy atom. The predicted molar refractivity (Wildman–Crippen MR) is 112 cm³/mol. The molecule has 0 rings (SSSR count). The second-order valence-corrected chi connectivity index (χ2v) is 8.86. The van der Waals surface area contributed by atoms with Crippen molar-refractivity contribution in [3.05, 3.63) is 0 Å². The van der Waals surface area contributed by atoms with E-state index in [1.54, 1.807) is 27.7 Å². The smallest absolute Gasteiger partial charge is 0.410 e. The molecule has 0 spiro atoms. The van der Waals surface area contributed by atoms with Gasteiger partial charge in [0.25, 0.3) is 6.29 Å². The van der Waals surface area contributed by atoms with Crippen LogP contribution < -0.4 is 5.32 Å². The lowest BCUT2D eigenvalue weighted by molar-refractivity contribution is -0.178. The molecule has 7 nitrogen and oxygen atoms in total. The molecule has 0 aromatic carbocycles. The SMILES string of the molecule is CC[C@@H](CCCC(C)C)C[C@@H](CNC(=O)O[C@@H](OC(=O)C(C)C)C(C)C)C(=O)O. The summed E-state index contributed by atoms with van der Waals surface area (Å²) < 4.78 is 10.4. The predicted octanol–water partition coefficient (Wildman–Crippen LogP) is 4.84. The van der Waals surface area contributed by atoms with Crippen molar-refractivity contribution in [1.82, 2.24) is 5.32 Å². The standard InChI is InChI=1S/C22H41NO6/c1-8-17(11-9-10-14(2)3)12-18(19(24)25)13-23-22(27)29-21(16(6)7)28-20(26)15(4)5/h14-18,21H,8-13H2,1-7H3,(H,23,27)(H,24,25)/t17-,18-,21+/m0/s1. The summed E-state index contributed by atoms with van der Waals surface area (Å²) in [6.07, 6.45) is 2.84. The van der Waals surface area contributed by atoms with Gasteiger partial charge in [0.15, 0.2) is 0 Å². The summed E-state index contributed by atoms with van der Waals surface area (Å²) in [5, 5.41) is 12.1. The van der Waals surface area contributed by atoms with E-state index in [0.29, 0.717) is 18.3 Å². The maximum atomic E-state index is 12.1. The van der Waals surface area contributed by atoms with Crippen LogP contribution in [0, 0.1) is 29.6 Å². The van der Waals surface area contributed by atoms with Gasteiger partial charge in [0.2, 0.25) is 0 Å². The second-order valence-electron chi connectivity index (χ2n) is 8.86. The average Bonchev–Trinajstić information content (AvgIpc) is 2.62.